The van der Waals surface area contributed by atoms with Gasteiger partial charge in [-0.3, -0.25) is 33.8 Å². The van der Waals surface area contributed by atoms with Gasteiger partial charge in [0, 0.05) is 58.1 Å². The van der Waals surface area contributed by atoms with Crippen molar-refractivity contribution in [3.8, 4) is 0 Å². The van der Waals surface area contributed by atoms with E-state index in [1.165, 1.54) is 4.90 Å². The SMILES string of the molecule is CCOC(=O)C1CCC(OC(C(=O)Cc2ccc(NC(=O)c3nn(C)c4ccccc34)c(Cl)c2)(N2CCCC2)N2CCN(CC(F)(F)F)CC2)CC1. The lowest BCUT2D eigenvalue weighted by Gasteiger charge is -2.52. The highest BCUT2D eigenvalue weighted by Crippen LogP contribution is 2.37. The number of nitrogens with one attached hydrogen (secondary N) is 1. The van der Waals surface area contributed by atoms with Crippen molar-refractivity contribution < 1.29 is 37.0 Å². The monoisotopic (exact) mass is 746 g/mol. The van der Waals surface area contributed by atoms with Crippen LogP contribution < -0.4 is 5.32 Å². The Kier molecular flexibility index (Phi) is 11.9. The van der Waals surface area contributed by atoms with Crippen LogP contribution in [0.15, 0.2) is 42.5 Å². The third-order valence-corrected chi connectivity index (χ3v) is 10.7. The lowest BCUT2D eigenvalue weighted by molar-refractivity contribution is -0.262. The summed E-state index contributed by atoms with van der Waals surface area (Å²) < 4.78 is 53.8. The van der Waals surface area contributed by atoms with E-state index in [1.807, 2.05) is 34.1 Å². The number of alkyl halides is 3. The lowest BCUT2D eigenvalue weighted by atomic mass is 9.87. The van der Waals surface area contributed by atoms with Gasteiger partial charge in [-0.25, -0.2) is 0 Å². The number of Topliss-reactive ketones (excluding diaryl/α,β-unsaturated/α-hetero) is 1. The number of para-hydroxylation sites is 1. The van der Waals surface area contributed by atoms with Crippen molar-refractivity contribution in [2.24, 2.45) is 13.0 Å². The van der Waals surface area contributed by atoms with Crippen LogP contribution in [0, 0.1) is 5.92 Å². The van der Waals surface area contributed by atoms with Crippen LogP contribution in [0.25, 0.3) is 10.9 Å². The van der Waals surface area contributed by atoms with E-state index in [0.29, 0.717) is 62.0 Å². The van der Waals surface area contributed by atoms with Crippen molar-refractivity contribution >= 4 is 45.9 Å². The van der Waals surface area contributed by atoms with Gasteiger partial charge >= 0.3 is 12.1 Å². The molecule has 1 N–H and O–H groups in total. The number of benzene rings is 2. The van der Waals surface area contributed by atoms with Gasteiger partial charge in [-0.2, -0.15) is 18.3 Å². The number of aromatic nitrogens is 2. The van der Waals surface area contributed by atoms with Crippen molar-refractivity contribution in [2.45, 2.75) is 70.0 Å². The number of carbonyl (C=O) groups excluding carboxylic acids is 3. The molecule has 3 aliphatic rings. The van der Waals surface area contributed by atoms with E-state index >= 15 is 0 Å². The van der Waals surface area contributed by atoms with E-state index in [4.69, 9.17) is 21.1 Å². The number of ether oxygens (including phenoxy) is 2. The normalized spacial score (nSPS) is 22.0. The molecular formula is C37H46ClF3N6O5. The number of halogens is 4. The lowest BCUT2D eigenvalue weighted by Crippen LogP contribution is -2.71. The molecule has 3 fully saturated rings. The van der Waals surface area contributed by atoms with Crippen LogP contribution in [-0.4, -0.2) is 113 Å². The van der Waals surface area contributed by atoms with Gasteiger partial charge < -0.3 is 14.8 Å². The number of hydrogen-bond donors (Lipinski definition) is 1. The van der Waals surface area contributed by atoms with E-state index in [-0.39, 0.29) is 67.1 Å². The van der Waals surface area contributed by atoms with E-state index in [2.05, 4.69) is 10.4 Å². The van der Waals surface area contributed by atoms with Crippen molar-refractivity contribution in [1.29, 1.82) is 0 Å². The van der Waals surface area contributed by atoms with Crippen molar-refractivity contribution in [2.75, 3.05) is 57.7 Å². The summed E-state index contributed by atoms with van der Waals surface area (Å²) in [6, 6.07) is 12.4. The maximum atomic E-state index is 14.8. The minimum atomic E-state index is -4.33. The molecule has 6 rings (SSSR count). The Morgan fingerprint density at radius 1 is 0.942 bits per heavy atom. The Morgan fingerprint density at radius 3 is 2.27 bits per heavy atom. The van der Waals surface area contributed by atoms with Crippen LogP contribution in [0.5, 0.6) is 0 Å². The van der Waals surface area contributed by atoms with Crippen molar-refractivity contribution in [3.05, 3.63) is 58.7 Å². The molecule has 1 unspecified atom stereocenters. The quantitative estimate of drug-likeness (QED) is 0.235. The number of carbonyl (C=O) groups is 3. The van der Waals surface area contributed by atoms with Gasteiger partial charge in [0.05, 0.1) is 41.4 Å². The highest BCUT2D eigenvalue weighted by molar-refractivity contribution is 6.34. The van der Waals surface area contributed by atoms with Crippen LogP contribution in [0.2, 0.25) is 5.02 Å². The summed E-state index contributed by atoms with van der Waals surface area (Å²) in [7, 11) is 1.76. The van der Waals surface area contributed by atoms with E-state index < -0.39 is 24.5 Å². The summed E-state index contributed by atoms with van der Waals surface area (Å²) in [6.45, 7) is 2.96. The molecule has 0 spiro atoms. The molecule has 3 heterocycles. The number of amides is 1. The molecule has 282 valence electrons. The van der Waals surface area contributed by atoms with Gasteiger partial charge in [-0.15, -0.1) is 0 Å². The second-order valence-corrected chi connectivity index (χ2v) is 14.3. The Labute approximate surface area is 306 Å². The first-order chi connectivity index (χ1) is 24.9. The highest BCUT2D eigenvalue weighted by Gasteiger charge is 2.53. The number of likely N-dealkylation sites (tertiary alicyclic amines) is 1. The number of fused-ring (bicyclic) bond motifs is 1. The molecule has 11 nitrogen and oxygen atoms in total. The van der Waals surface area contributed by atoms with E-state index in [0.717, 1.165) is 18.4 Å². The average molecular weight is 747 g/mol. The molecule has 1 saturated carbocycles. The van der Waals surface area contributed by atoms with Gasteiger partial charge in [-0.05, 0) is 69.2 Å². The summed E-state index contributed by atoms with van der Waals surface area (Å²) in [6.07, 6.45) is -0.800. The Hall–Kier alpha value is -3.56. The third-order valence-electron chi connectivity index (χ3n) is 10.3. The van der Waals surface area contributed by atoms with Crippen LogP contribution >= 0.6 is 11.6 Å². The Balaban J connectivity index is 1.24. The minimum absolute atomic E-state index is 0.0593. The molecule has 52 heavy (non-hydrogen) atoms. The van der Waals surface area contributed by atoms with E-state index in [9.17, 15) is 27.6 Å². The second-order valence-electron chi connectivity index (χ2n) is 13.9. The molecule has 1 aliphatic carbocycles. The average Bonchev–Trinajstić information content (AvgIpc) is 3.77. The number of piperazine rings is 1. The summed E-state index contributed by atoms with van der Waals surface area (Å²) in [4.78, 5) is 45.9. The zero-order valence-electron chi connectivity index (χ0n) is 29.6. The Bertz CT molecular complexity index is 1750. The Morgan fingerprint density at radius 2 is 1.62 bits per heavy atom. The van der Waals surface area contributed by atoms with Gasteiger partial charge in [0.25, 0.3) is 5.91 Å². The number of anilines is 1. The fourth-order valence-corrected chi connectivity index (χ4v) is 8.04. The topological polar surface area (TPSA) is 109 Å². The number of nitrogens with zero attached hydrogens (tertiary/aromatic N) is 5. The first-order valence-corrected chi connectivity index (χ1v) is 18.4. The van der Waals surface area contributed by atoms with Gasteiger partial charge in [0.2, 0.25) is 5.85 Å². The molecular weight excluding hydrogens is 701 g/mol. The summed E-state index contributed by atoms with van der Waals surface area (Å²) >= 11 is 6.71. The van der Waals surface area contributed by atoms with Crippen LogP contribution in [-0.2, 0) is 32.5 Å². The fourth-order valence-electron chi connectivity index (χ4n) is 7.79. The van der Waals surface area contributed by atoms with Gasteiger partial charge in [0.15, 0.2) is 11.5 Å². The number of rotatable bonds is 12. The molecule has 1 amide bonds. The number of aryl methyl sites for hydroxylation is 1. The molecule has 0 radical (unpaired) electrons. The molecule has 1 aromatic heterocycles. The number of hydrogen-bond acceptors (Lipinski definition) is 9. The standard InChI is InChI=1S/C37H46ClF3N6O5/c1-3-51-35(50)26-11-13-27(14-12-26)52-37(46-16-6-7-17-46,47-20-18-45(19-21-47)24-36(39,40)41)32(48)23-25-10-15-30(29(38)22-25)42-34(49)33-28-8-4-5-9-31(28)44(2)43-33/h4-5,8-10,15,22,26-27H,3,6-7,11-14,16-21,23-24H2,1-2H3,(H,42,49). The van der Waals surface area contributed by atoms with Crippen LogP contribution in [0.4, 0.5) is 18.9 Å². The molecule has 2 saturated heterocycles. The zero-order chi connectivity index (χ0) is 37.0. The fraction of sp³-hybridized carbons (Fsp3) is 0.568. The molecule has 3 aromatic rings. The van der Waals surface area contributed by atoms with Crippen LogP contribution in [0.1, 0.15) is 61.5 Å². The highest BCUT2D eigenvalue weighted by atomic mass is 35.5. The van der Waals surface area contributed by atoms with Crippen molar-refractivity contribution in [1.82, 2.24) is 24.5 Å². The van der Waals surface area contributed by atoms with Gasteiger partial charge in [-0.1, -0.05) is 35.9 Å². The molecule has 0 bridgehead atoms. The van der Waals surface area contributed by atoms with Crippen LogP contribution in [0.3, 0.4) is 0 Å². The minimum Gasteiger partial charge on any atom is -0.466 e. The molecule has 1 atom stereocenters. The summed E-state index contributed by atoms with van der Waals surface area (Å²) in [5.41, 5.74) is 2.03. The maximum Gasteiger partial charge on any atom is 0.401 e. The maximum absolute atomic E-state index is 14.8. The molecule has 15 heteroatoms. The van der Waals surface area contributed by atoms with E-state index in [1.54, 1.807) is 36.9 Å². The molecule has 2 aliphatic heterocycles. The summed E-state index contributed by atoms with van der Waals surface area (Å²) in [5, 5.41) is 8.17. The first kappa shape index (κ1) is 38.2. The second kappa shape index (κ2) is 16.2. The van der Waals surface area contributed by atoms with Crippen molar-refractivity contribution in [3.63, 3.8) is 0 Å². The predicted molar refractivity (Wildman–Crippen MR) is 190 cm³/mol. The smallest absolute Gasteiger partial charge is 0.401 e. The summed E-state index contributed by atoms with van der Waals surface area (Å²) in [5.74, 6) is -2.64. The number of esters is 1. The number of ketones is 1. The largest absolute Gasteiger partial charge is 0.466 e. The molecule has 2 aromatic carbocycles. The predicted octanol–water partition coefficient (Wildman–Crippen LogP) is 5.66. The first-order valence-electron chi connectivity index (χ1n) is 18.1. The zero-order valence-corrected chi connectivity index (χ0v) is 30.3. The third kappa shape index (κ3) is 8.46. The van der Waals surface area contributed by atoms with Gasteiger partial charge in [0.1, 0.15) is 0 Å².